The maximum Gasteiger partial charge on any atom is 0.124 e. The highest BCUT2D eigenvalue weighted by Gasteiger charge is 2.19. The average molecular weight is 325 g/mol. The molecule has 0 bridgehead atoms. The van der Waals surface area contributed by atoms with Crippen molar-refractivity contribution in [1.29, 1.82) is 0 Å². The molecule has 2 rings (SSSR count). The lowest BCUT2D eigenvalue weighted by atomic mass is 9.98. The summed E-state index contributed by atoms with van der Waals surface area (Å²) in [4.78, 5) is 0. The van der Waals surface area contributed by atoms with Gasteiger partial charge in [-0.25, -0.2) is 5.43 Å². The van der Waals surface area contributed by atoms with Crippen molar-refractivity contribution in [1.82, 2.24) is 5.43 Å². The van der Waals surface area contributed by atoms with Gasteiger partial charge in [-0.05, 0) is 30.2 Å². The summed E-state index contributed by atoms with van der Waals surface area (Å²) >= 11 is 12.2. The van der Waals surface area contributed by atoms with Gasteiger partial charge < -0.3 is 4.74 Å². The molecule has 2 aromatic rings. The molecular formula is C16H18Cl2N2O. The first-order valence-corrected chi connectivity index (χ1v) is 7.55. The van der Waals surface area contributed by atoms with Crippen molar-refractivity contribution in [3.63, 3.8) is 0 Å². The van der Waals surface area contributed by atoms with Crippen LogP contribution in [0.3, 0.4) is 0 Å². The average Bonchev–Trinajstić information content (AvgIpc) is 2.49. The molecule has 112 valence electrons. The van der Waals surface area contributed by atoms with E-state index in [2.05, 4.69) is 12.3 Å². The van der Waals surface area contributed by atoms with Gasteiger partial charge in [-0.2, -0.15) is 0 Å². The van der Waals surface area contributed by atoms with E-state index in [9.17, 15) is 0 Å². The van der Waals surface area contributed by atoms with Crippen molar-refractivity contribution in [3.05, 3.63) is 63.6 Å². The molecule has 0 aromatic heterocycles. The van der Waals surface area contributed by atoms with Gasteiger partial charge in [0, 0.05) is 15.6 Å². The number of nitrogens with one attached hydrogen (secondary N) is 1. The molecule has 0 saturated heterocycles. The van der Waals surface area contributed by atoms with Crippen LogP contribution in [-0.4, -0.2) is 6.61 Å². The molecule has 3 nitrogen and oxygen atoms in total. The van der Waals surface area contributed by atoms with E-state index in [4.69, 9.17) is 33.8 Å². The number of rotatable bonds is 6. The third kappa shape index (κ3) is 3.89. The van der Waals surface area contributed by atoms with Gasteiger partial charge in [-0.1, -0.05) is 54.4 Å². The van der Waals surface area contributed by atoms with Crippen molar-refractivity contribution in [2.24, 2.45) is 5.84 Å². The summed E-state index contributed by atoms with van der Waals surface area (Å²) in [5.41, 5.74) is 4.60. The van der Waals surface area contributed by atoms with Crippen LogP contribution in [0.4, 0.5) is 0 Å². The largest absolute Gasteiger partial charge is 0.493 e. The van der Waals surface area contributed by atoms with Gasteiger partial charge >= 0.3 is 0 Å². The smallest absolute Gasteiger partial charge is 0.124 e. The molecule has 3 N–H and O–H groups in total. The molecule has 5 heteroatoms. The van der Waals surface area contributed by atoms with Gasteiger partial charge in [0.25, 0.3) is 0 Å². The summed E-state index contributed by atoms with van der Waals surface area (Å²) < 4.78 is 5.79. The molecule has 2 aromatic carbocycles. The molecule has 0 radical (unpaired) electrons. The standard InChI is InChI=1S/C16H18Cl2N2O/c1-2-9-21-15-6-4-3-5-13(15)16(20-19)12-8-7-11(17)10-14(12)18/h3-8,10,16,20H,2,9,19H2,1H3. The fourth-order valence-corrected chi connectivity index (χ4v) is 2.66. The highest BCUT2D eigenvalue weighted by molar-refractivity contribution is 6.35. The maximum absolute atomic E-state index is 6.29. The Morgan fingerprint density at radius 1 is 1.14 bits per heavy atom. The lowest BCUT2D eigenvalue weighted by molar-refractivity contribution is 0.311. The molecule has 0 amide bonds. The second-order valence-electron chi connectivity index (χ2n) is 4.65. The van der Waals surface area contributed by atoms with E-state index in [-0.39, 0.29) is 6.04 Å². The van der Waals surface area contributed by atoms with E-state index >= 15 is 0 Å². The second kappa shape index (κ2) is 7.66. The number of hydrogen-bond donors (Lipinski definition) is 2. The van der Waals surface area contributed by atoms with Crippen molar-refractivity contribution in [2.75, 3.05) is 6.61 Å². The van der Waals surface area contributed by atoms with E-state index < -0.39 is 0 Å². The summed E-state index contributed by atoms with van der Waals surface area (Å²) in [5.74, 6) is 6.54. The lowest BCUT2D eigenvalue weighted by Gasteiger charge is -2.21. The third-order valence-electron chi connectivity index (χ3n) is 3.13. The monoisotopic (exact) mass is 324 g/mol. The van der Waals surface area contributed by atoms with Crippen LogP contribution < -0.4 is 16.0 Å². The summed E-state index contributed by atoms with van der Waals surface area (Å²) in [6, 6.07) is 12.9. The Kier molecular flexibility index (Phi) is 5.88. The minimum absolute atomic E-state index is 0.261. The van der Waals surface area contributed by atoms with Crippen LogP contribution >= 0.6 is 23.2 Å². The van der Waals surface area contributed by atoms with Crippen molar-refractivity contribution < 1.29 is 4.74 Å². The second-order valence-corrected chi connectivity index (χ2v) is 5.50. The molecule has 0 aliphatic carbocycles. The minimum atomic E-state index is -0.261. The van der Waals surface area contributed by atoms with Gasteiger partial charge in [0.2, 0.25) is 0 Å². The molecule has 0 spiro atoms. The molecule has 0 heterocycles. The van der Waals surface area contributed by atoms with Crippen LogP contribution in [0.15, 0.2) is 42.5 Å². The lowest BCUT2D eigenvalue weighted by Crippen LogP contribution is -2.29. The SMILES string of the molecule is CCCOc1ccccc1C(NN)c1ccc(Cl)cc1Cl. The van der Waals surface area contributed by atoms with Crippen LogP contribution in [0.2, 0.25) is 10.0 Å². The third-order valence-corrected chi connectivity index (χ3v) is 3.69. The number of hydrogen-bond acceptors (Lipinski definition) is 3. The van der Waals surface area contributed by atoms with Gasteiger partial charge in [-0.15, -0.1) is 0 Å². The van der Waals surface area contributed by atoms with E-state index in [0.29, 0.717) is 16.7 Å². The Morgan fingerprint density at radius 3 is 2.57 bits per heavy atom. The van der Waals surface area contributed by atoms with Gasteiger partial charge in [0.15, 0.2) is 0 Å². The van der Waals surface area contributed by atoms with E-state index in [1.165, 1.54) is 0 Å². The van der Waals surface area contributed by atoms with Crippen molar-refractivity contribution in [2.45, 2.75) is 19.4 Å². The summed E-state index contributed by atoms with van der Waals surface area (Å²) in [7, 11) is 0. The Labute approximate surface area is 135 Å². The van der Waals surface area contributed by atoms with Crippen LogP contribution in [0.5, 0.6) is 5.75 Å². The number of ether oxygens (including phenoxy) is 1. The number of benzene rings is 2. The highest BCUT2D eigenvalue weighted by Crippen LogP contribution is 2.34. The molecule has 0 fully saturated rings. The number of halogens is 2. The number of nitrogens with two attached hydrogens (primary N) is 1. The first kappa shape index (κ1) is 16.1. The highest BCUT2D eigenvalue weighted by atomic mass is 35.5. The fraction of sp³-hybridized carbons (Fsp3) is 0.250. The molecular weight excluding hydrogens is 307 g/mol. The predicted octanol–water partition coefficient (Wildman–Crippen LogP) is 4.33. The maximum atomic E-state index is 6.29. The first-order valence-electron chi connectivity index (χ1n) is 6.80. The molecule has 1 unspecified atom stereocenters. The zero-order valence-corrected chi connectivity index (χ0v) is 13.3. The van der Waals surface area contributed by atoms with E-state index in [1.807, 2.05) is 30.3 Å². The Morgan fingerprint density at radius 2 is 1.90 bits per heavy atom. The molecule has 0 saturated carbocycles. The van der Waals surface area contributed by atoms with E-state index in [1.54, 1.807) is 12.1 Å². The quantitative estimate of drug-likeness (QED) is 0.614. The minimum Gasteiger partial charge on any atom is -0.493 e. The Hall–Kier alpha value is -1.26. The van der Waals surface area contributed by atoms with Crippen molar-refractivity contribution in [3.8, 4) is 5.75 Å². The summed E-state index contributed by atoms with van der Waals surface area (Å²) in [6.07, 6.45) is 0.941. The van der Waals surface area contributed by atoms with Gasteiger partial charge in [-0.3, -0.25) is 5.84 Å². The van der Waals surface area contributed by atoms with Crippen molar-refractivity contribution >= 4 is 23.2 Å². The fourth-order valence-electron chi connectivity index (χ4n) is 2.15. The van der Waals surface area contributed by atoms with Crippen LogP contribution in [0, 0.1) is 0 Å². The van der Waals surface area contributed by atoms with Gasteiger partial charge in [0.05, 0.1) is 12.6 Å². The van der Waals surface area contributed by atoms with Crippen LogP contribution in [0.25, 0.3) is 0 Å². The van der Waals surface area contributed by atoms with Gasteiger partial charge in [0.1, 0.15) is 5.75 Å². The predicted molar refractivity (Wildman–Crippen MR) is 87.9 cm³/mol. The topological polar surface area (TPSA) is 47.3 Å². The first-order chi connectivity index (χ1) is 10.2. The number of para-hydroxylation sites is 1. The Bertz CT molecular complexity index is 605. The molecule has 1 atom stereocenters. The van der Waals surface area contributed by atoms with E-state index in [0.717, 1.165) is 23.3 Å². The van der Waals surface area contributed by atoms with Crippen LogP contribution in [-0.2, 0) is 0 Å². The molecule has 0 aliphatic rings. The zero-order valence-electron chi connectivity index (χ0n) is 11.8. The summed E-state index contributed by atoms with van der Waals surface area (Å²) in [5, 5.41) is 1.16. The summed E-state index contributed by atoms with van der Waals surface area (Å²) in [6.45, 7) is 2.72. The number of hydrazine groups is 1. The molecule has 21 heavy (non-hydrogen) atoms. The molecule has 0 aliphatic heterocycles. The zero-order chi connectivity index (χ0) is 15.2. The normalized spacial score (nSPS) is 12.2. The Balaban J connectivity index is 2.41. The van der Waals surface area contributed by atoms with Crippen LogP contribution in [0.1, 0.15) is 30.5 Å².